The highest BCUT2D eigenvalue weighted by Gasteiger charge is 2.14. The van der Waals surface area contributed by atoms with Crippen LogP contribution in [0.5, 0.6) is 11.5 Å². The maximum absolute atomic E-state index is 12.1. The van der Waals surface area contributed by atoms with Gasteiger partial charge in [0.2, 0.25) is 5.91 Å². The van der Waals surface area contributed by atoms with Gasteiger partial charge in [0.25, 0.3) is 5.91 Å². The molecule has 0 aromatic heterocycles. The van der Waals surface area contributed by atoms with E-state index < -0.39 is 5.91 Å². The first-order valence-corrected chi connectivity index (χ1v) is 7.53. The number of hydrogen-bond donors (Lipinski definition) is 2. The van der Waals surface area contributed by atoms with Gasteiger partial charge >= 0.3 is 0 Å². The summed E-state index contributed by atoms with van der Waals surface area (Å²) >= 11 is 0. The highest BCUT2D eigenvalue weighted by Crippen LogP contribution is 2.27. The Bertz CT molecular complexity index is 633. The predicted octanol–water partition coefficient (Wildman–Crippen LogP) is 2.11. The van der Waals surface area contributed by atoms with Gasteiger partial charge in [0.05, 0.1) is 20.6 Å². The Morgan fingerprint density at radius 2 is 1.75 bits per heavy atom. The molecule has 2 amide bonds. The monoisotopic (exact) mass is 335 g/mol. The molecule has 132 valence electrons. The summed E-state index contributed by atoms with van der Waals surface area (Å²) in [5.41, 5.74) is 3.01. The molecule has 0 saturated heterocycles. The molecular formula is C17H25N3O4. The summed E-state index contributed by atoms with van der Waals surface area (Å²) in [7, 11) is 3.02. The van der Waals surface area contributed by atoms with Crippen LogP contribution in [0, 0.1) is 0 Å². The van der Waals surface area contributed by atoms with Gasteiger partial charge in [-0.2, -0.15) is 5.10 Å². The Morgan fingerprint density at radius 1 is 1.12 bits per heavy atom. The molecule has 0 unspecified atom stereocenters. The average Bonchev–Trinajstić information content (AvgIpc) is 2.49. The highest BCUT2D eigenvalue weighted by atomic mass is 16.5. The third-order valence-electron chi connectivity index (χ3n) is 2.92. The zero-order valence-corrected chi connectivity index (χ0v) is 15.0. The fraction of sp³-hybridized carbons (Fsp3) is 0.471. The van der Waals surface area contributed by atoms with Crippen molar-refractivity contribution in [2.75, 3.05) is 14.2 Å². The molecule has 0 spiro atoms. The summed E-state index contributed by atoms with van der Waals surface area (Å²) in [5.74, 6) is 0.443. The molecule has 0 aliphatic rings. The van der Waals surface area contributed by atoms with Crippen molar-refractivity contribution in [2.24, 2.45) is 5.10 Å². The molecule has 1 aromatic rings. The number of methoxy groups -OCH3 is 2. The predicted molar refractivity (Wildman–Crippen MR) is 92.6 cm³/mol. The molecule has 0 fully saturated rings. The van der Waals surface area contributed by atoms with E-state index in [-0.39, 0.29) is 17.9 Å². The lowest BCUT2D eigenvalue weighted by Gasteiger charge is -2.20. The molecule has 0 atom stereocenters. The van der Waals surface area contributed by atoms with Crippen molar-refractivity contribution in [3.63, 3.8) is 0 Å². The van der Waals surface area contributed by atoms with Gasteiger partial charge in [0, 0.05) is 16.8 Å². The molecule has 0 aliphatic heterocycles. The van der Waals surface area contributed by atoms with Crippen LogP contribution < -0.4 is 20.2 Å². The van der Waals surface area contributed by atoms with Gasteiger partial charge in [-0.3, -0.25) is 9.59 Å². The second-order valence-corrected chi connectivity index (χ2v) is 6.33. The van der Waals surface area contributed by atoms with E-state index in [0.29, 0.717) is 22.8 Å². The number of benzene rings is 1. The largest absolute Gasteiger partial charge is 0.493 e. The van der Waals surface area contributed by atoms with Crippen LogP contribution in [0.15, 0.2) is 23.3 Å². The van der Waals surface area contributed by atoms with E-state index in [1.807, 2.05) is 20.8 Å². The van der Waals surface area contributed by atoms with E-state index >= 15 is 0 Å². The summed E-state index contributed by atoms with van der Waals surface area (Å²) in [4.78, 5) is 23.9. The molecule has 0 aliphatic carbocycles. The second-order valence-electron chi connectivity index (χ2n) is 6.33. The summed E-state index contributed by atoms with van der Waals surface area (Å²) < 4.78 is 10.3. The van der Waals surface area contributed by atoms with Gasteiger partial charge in [0.1, 0.15) is 0 Å². The SMILES string of the molecule is COc1ccc(C(=O)N/N=C(/C)CC(=O)NC(C)(C)C)cc1OC. The van der Waals surface area contributed by atoms with E-state index in [4.69, 9.17) is 9.47 Å². The van der Waals surface area contributed by atoms with E-state index in [2.05, 4.69) is 15.8 Å². The van der Waals surface area contributed by atoms with E-state index in [0.717, 1.165) is 0 Å². The standard InChI is InChI=1S/C17H25N3O4/c1-11(9-15(21)18-17(2,3)4)19-20-16(22)12-7-8-13(23-5)14(10-12)24-6/h7-8,10H,9H2,1-6H3,(H,18,21)(H,20,22)/b19-11-. The van der Waals surface area contributed by atoms with Crippen molar-refractivity contribution < 1.29 is 19.1 Å². The third-order valence-corrected chi connectivity index (χ3v) is 2.92. The van der Waals surface area contributed by atoms with Crippen molar-refractivity contribution in [2.45, 2.75) is 39.7 Å². The van der Waals surface area contributed by atoms with Crippen LogP contribution in [0.4, 0.5) is 0 Å². The van der Waals surface area contributed by atoms with Crippen LogP contribution >= 0.6 is 0 Å². The number of carbonyl (C=O) groups is 2. The zero-order valence-electron chi connectivity index (χ0n) is 15.0. The van der Waals surface area contributed by atoms with Gasteiger partial charge < -0.3 is 14.8 Å². The first kappa shape index (κ1) is 19.5. The molecule has 1 aromatic carbocycles. The Morgan fingerprint density at radius 3 is 2.29 bits per heavy atom. The summed E-state index contributed by atoms with van der Waals surface area (Å²) in [6.45, 7) is 7.37. The summed E-state index contributed by atoms with van der Waals surface area (Å²) in [5, 5.41) is 6.79. The fourth-order valence-corrected chi connectivity index (χ4v) is 1.92. The van der Waals surface area contributed by atoms with Gasteiger partial charge in [-0.15, -0.1) is 0 Å². The molecule has 7 nitrogen and oxygen atoms in total. The Labute approximate surface area is 142 Å². The van der Waals surface area contributed by atoms with Crippen molar-refractivity contribution in [1.82, 2.24) is 10.7 Å². The lowest BCUT2D eigenvalue weighted by Crippen LogP contribution is -2.41. The van der Waals surface area contributed by atoms with Crippen LogP contribution in [0.25, 0.3) is 0 Å². The minimum Gasteiger partial charge on any atom is -0.493 e. The van der Waals surface area contributed by atoms with Crippen LogP contribution in [-0.2, 0) is 4.79 Å². The fourth-order valence-electron chi connectivity index (χ4n) is 1.92. The van der Waals surface area contributed by atoms with Crippen molar-refractivity contribution >= 4 is 17.5 Å². The zero-order chi connectivity index (χ0) is 18.3. The van der Waals surface area contributed by atoms with Gasteiger partial charge in [-0.05, 0) is 45.9 Å². The molecule has 0 radical (unpaired) electrons. The lowest BCUT2D eigenvalue weighted by atomic mass is 10.1. The summed E-state index contributed by atoms with van der Waals surface area (Å²) in [6, 6.07) is 4.81. The van der Waals surface area contributed by atoms with Gasteiger partial charge in [-0.1, -0.05) is 0 Å². The number of hydrazone groups is 1. The number of ether oxygens (including phenoxy) is 2. The molecule has 24 heavy (non-hydrogen) atoms. The number of nitrogens with zero attached hydrogens (tertiary/aromatic N) is 1. The topological polar surface area (TPSA) is 89.0 Å². The number of rotatable bonds is 6. The maximum atomic E-state index is 12.1. The molecule has 7 heteroatoms. The number of hydrogen-bond acceptors (Lipinski definition) is 5. The minimum absolute atomic E-state index is 0.115. The average molecular weight is 335 g/mol. The smallest absolute Gasteiger partial charge is 0.271 e. The normalized spacial score (nSPS) is 11.7. The van der Waals surface area contributed by atoms with Crippen LogP contribution in [-0.4, -0.2) is 37.3 Å². The first-order chi connectivity index (χ1) is 11.2. The van der Waals surface area contributed by atoms with Crippen LogP contribution in [0.1, 0.15) is 44.5 Å². The number of nitrogens with one attached hydrogen (secondary N) is 2. The quantitative estimate of drug-likeness (QED) is 0.615. The summed E-state index contributed by atoms with van der Waals surface area (Å²) in [6.07, 6.45) is 0.115. The van der Waals surface area contributed by atoms with Gasteiger partial charge in [0.15, 0.2) is 11.5 Å². The molecule has 0 saturated carbocycles. The Kier molecular flexibility index (Phi) is 6.76. The van der Waals surface area contributed by atoms with Crippen LogP contribution in [0.2, 0.25) is 0 Å². The second kappa shape index (κ2) is 8.33. The molecule has 0 bridgehead atoms. The van der Waals surface area contributed by atoms with Crippen molar-refractivity contribution in [1.29, 1.82) is 0 Å². The number of amides is 2. The Hall–Kier alpha value is -2.57. The van der Waals surface area contributed by atoms with Crippen LogP contribution in [0.3, 0.4) is 0 Å². The van der Waals surface area contributed by atoms with Crippen molar-refractivity contribution in [3.05, 3.63) is 23.8 Å². The third kappa shape index (κ3) is 6.28. The van der Waals surface area contributed by atoms with E-state index in [9.17, 15) is 9.59 Å². The van der Waals surface area contributed by atoms with E-state index in [1.165, 1.54) is 14.2 Å². The lowest BCUT2D eigenvalue weighted by molar-refractivity contribution is -0.121. The number of carbonyl (C=O) groups excluding carboxylic acids is 2. The van der Waals surface area contributed by atoms with E-state index in [1.54, 1.807) is 25.1 Å². The molecule has 2 N–H and O–H groups in total. The molecular weight excluding hydrogens is 310 g/mol. The minimum atomic E-state index is -0.397. The Balaban J connectivity index is 2.69. The maximum Gasteiger partial charge on any atom is 0.271 e. The van der Waals surface area contributed by atoms with Gasteiger partial charge in [-0.25, -0.2) is 5.43 Å². The molecule has 1 rings (SSSR count). The highest BCUT2D eigenvalue weighted by molar-refractivity contribution is 6.01. The van der Waals surface area contributed by atoms with Crippen molar-refractivity contribution in [3.8, 4) is 11.5 Å². The first-order valence-electron chi connectivity index (χ1n) is 7.53. The molecule has 0 heterocycles.